The summed E-state index contributed by atoms with van der Waals surface area (Å²) in [5.41, 5.74) is 0. The lowest BCUT2D eigenvalue weighted by Crippen LogP contribution is -2.49. The van der Waals surface area contributed by atoms with Crippen molar-refractivity contribution < 1.29 is 18.3 Å². The normalized spacial score (nSPS) is 18.3. The van der Waals surface area contributed by atoms with Crippen LogP contribution in [0.5, 0.6) is 0 Å². The number of aromatic nitrogens is 1. The fourth-order valence-corrected chi connectivity index (χ4v) is 3.35. The van der Waals surface area contributed by atoms with Crippen molar-refractivity contribution in [1.82, 2.24) is 14.2 Å². The molecule has 1 aromatic heterocycles. The molecule has 0 spiro atoms. The van der Waals surface area contributed by atoms with Gasteiger partial charge < -0.3 is 5.11 Å². The third-order valence-electron chi connectivity index (χ3n) is 2.96. The first kappa shape index (κ1) is 13.9. The predicted octanol–water partition coefficient (Wildman–Crippen LogP) is -0.527. The molecule has 8 heteroatoms. The van der Waals surface area contributed by atoms with Gasteiger partial charge in [-0.1, -0.05) is 0 Å². The van der Waals surface area contributed by atoms with Crippen molar-refractivity contribution >= 4 is 16.0 Å². The zero-order valence-electron chi connectivity index (χ0n) is 10.3. The smallest absolute Gasteiger partial charge is 0.317 e. The summed E-state index contributed by atoms with van der Waals surface area (Å²) in [6.45, 7) is 1.38. The molecule has 0 atom stereocenters. The summed E-state index contributed by atoms with van der Waals surface area (Å²) >= 11 is 0. The number of carboxylic acids is 1. The first-order valence-electron chi connectivity index (χ1n) is 5.84. The molecule has 1 N–H and O–H groups in total. The quantitative estimate of drug-likeness (QED) is 0.800. The Hall–Kier alpha value is -1.51. The monoisotopic (exact) mass is 285 g/mol. The lowest BCUT2D eigenvalue weighted by atomic mass is 10.3. The molecule has 1 fully saturated rings. The van der Waals surface area contributed by atoms with Gasteiger partial charge in [0.2, 0.25) is 10.0 Å². The number of piperazine rings is 1. The van der Waals surface area contributed by atoms with Crippen LogP contribution in [0.2, 0.25) is 0 Å². The van der Waals surface area contributed by atoms with Crippen LogP contribution in [-0.4, -0.2) is 66.4 Å². The molecule has 0 aromatic carbocycles. The van der Waals surface area contributed by atoms with E-state index in [4.69, 9.17) is 5.11 Å². The van der Waals surface area contributed by atoms with E-state index < -0.39 is 16.0 Å². The van der Waals surface area contributed by atoms with Crippen molar-refractivity contribution in [2.24, 2.45) is 0 Å². The molecule has 1 saturated heterocycles. The minimum absolute atomic E-state index is 0.0548. The Kier molecular flexibility index (Phi) is 4.13. The van der Waals surface area contributed by atoms with E-state index >= 15 is 0 Å². The fraction of sp³-hybridized carbons (Fsp3) is 0.455. The SMILES string of the molecule is O=C(O)CN1CCN(S(=O)(=O)c2cccnc2)CC1. The van der Waals surface area contributed by atoms with Crippen LogP contribution < -0.4 is 0 Å². The Labute approximate surface area is 111 Å². The van der Waals surface area contributed by atoms with Gasteiger partial charge in [-0.25, -0.2) is 8.42 Å². The van der Waals surface area contributed by atoms with Crippen molar-refractivity contribution in [3.8, 4) is 0 Å². The standard InChI is InChI=1S/C11H15N3O4S/c15-11(16)9-13-4-6-14(7-5-13)19(17,18)10-2-1-3-12-8-10/h1-3,8H,4-7,9H2,(H,15,16). The zero-order chi connectivity index (χ0) is 13.9. The maximum absolute atomic E-state index is 12.3. The summed E-state index contributed by atoms with van der Waals surface area (Å²) in [5, 5.41) is 8.69. The lowest BCUT2D eigenvalue weighted by molar-refractivity contribution is -0.138. The molecule has 19 heavy (non-hydrogen) atoms. The van der Waals surface area contributed by atoms with Gasteiger partial charge in [0.25, 0.3) is 0 Å². The number of carbonyl (C=O) groups is 1. The van der Waals surface area contributed by atoms with Crippen molar-refractivity contribution in [2.45, 2.75) is 4.90 Å². The summed E-state index contributed by atoms with van der Waals surface area (Å²) in [4.78, 5) is 16.3. The average Bonchev–Trinajstić information content (AvgIpc) is 2.40. The average molecular weight is 285 g/mol. The van der Waals surface area contributed by atoms with E-state index in [-0.39, 0.29) is 11.4 Å². The first-order chi connectivity index (χ1) is 9.00. The minimum atomic E-state index is -3.52. The summed E-state index contributed by atoms with van der Waals surface area (Å²) in [5.74, 6) is -0.899. The van der Waals surface area contributed by atoms with Crippen LogP contribution in [0.25, 0.3) is 0 Å². The van der Waals surface area contributed by atoms with E-state index in [1.165, 1.54) is 22.8 Å². The van der Waals surface area contributed by atoms with Crippen LogP contribution in [0.3, 0.4) is 0 Å². The van der Waals surface area contributed by atoms with Gasteiger partial charge in [-0.05, 0) is 12.1 Å². The van der Waals surface area contributed by atoms with Crippen molar-refractivity contribution in [2.75, 3.05) is 32.7 Å². The molecule has 0 radical (unpaired) electrons. The predicted molar refractivity (Wildman–Crippen MR) is 67.1 cm³/mol. The topological polar surface area (TPSA) is 90.8 Å². The molecule has 0 amide bonds. The maximum atomic E-state index is 12.3. The van der Waals surface area contributed by atoms with Crippen LogP contribution >= 0.6 is 0 Å². The highest BCUT2D eigenvalue weighted by Gasteiger charge is 2.28. The van der Waals surface area contributed by atoms with E-state index in [0.717, 1.165) is 0 Å². The van der Waals surface area contributed by atoms with Crippen LogP contribution in [0.1, 0.15) is 0 Å². The van der Waals surface area contributed by atoms with Crippen molar-refractivity contribution in [1.29, 1.82) is 0 Å². The summed E-state index contributed by atoms with van der Waals surface area (Å²) in [6, 6.07) is 3.08. The largest absolute Gasteiger partial charge is 0.480 e. The number of sulfonamides is 1. The molecule has 1 aliphatic rings. The van der Waals surface area contributed by atoms with E-state index in [0.29, 0.717) is 26.2 Å². The van der Waals surface area contributed by atoms with Crippen LogP contribution in [0, 0.1) is 0 Å². The minimum Gasteiger partial charge on any atom is -0.480 e. The molecule has 2 rings (SSSR count). The molecule has 0 saturated carbocycles. The molecule has 0 unspecified atom stereocenters. The highest BCUT2D eigenvalue weighted by Crippen LogP contribution is 2.16. The zero-order valence-corrected chi connectivity index (χ0v) is 11.1. The van der Waals surface area contributed by atoms with Gasteiger partial charge >= 0.3 is 5.97 Å². The Morgan fingerprint density at radius 3 is 2.53 bits per heavy atom. The molecular weight excluding hydrogens is 270 g/mol. The van der Waals surface area contributed by atoms with E-state index in [1.807, 2.05) is 0 Å². The molecule has 1 aromatic rings. The highest BCUT2D eigenvalue weighted by molar-refractivity contribution is 7.89. The first-order valence-corrected chi connectivity index (χ1v) is 7.28. The summed E-state index contributed by atoms with van der Waals surface area (Å²) < 4.78 is 25.9. The number of nitrogens with zero attached hydrogens (tertiary/aromatic N) is 3. The maximum Gasteiger partial charge on any atom is 0.317 e. The molecule has 0 aliphatic carbocycles. The summed E-state index contributed by atoms with van der Waals surface area (Å²) in [6.07, 6.45) is 2.84. The Morgan fingerprint density at radius 2 is 2.00 bits per heavy atom. The lowest BCUT2D eigenvalue weighted by Gasteiger charge is -2.32. The van der Waals surface area contributed by atoms with Gasteiger partial charge in [-0.3, -0.25) is 14.7 Å². The van der Waals surface area contributed by atoms with Gasteiger partial charge in [0.1, 0.15) is 4.90 Å². The van der Waals surface area contributed by atoms with Crippen molar-refractivity contribution in [3.63, 3.8) is 0 Å². The second-order valence-corrected chi connectivity index (χ2v) is 6.20. The Morgan fingerprint density at radius 1 is 1.32 bits per heavy atom. The van der Waals surface area contributed by atoms with Gasteiger partial charge in [0, 0.05) is 38.6 Å². The van der Waals surface area contributed by atoms with Gasteiger partial charge in [0.15, 0.2) is 0 Å². The van der Waals surface area contributed by atoms with Gasteiger partial charge in [-0.2, -0.15) is 4.31 Å². The second-order valence-electron chi connectivity index (χ2n) is 4.26. The van der Waals surface area contributed by atoms with Gasteiger partial charge in [0.05, 0.1) is 6.54 Å². The van der Waals surface area contributed by atoms with E-state index in [1.54, 1.807) is 11.0 Å². The Balaban J connectivity index is 2.03. The van der Waals surface area contributed by atoms with Crippen LogP contribution in [0.15, 0.2) is 29.4 Å². The second kappa shape index (κ2) is 5.64. The highest BCUT2D eigenvalue weighted by atomic mass is 32.2. The van der Waals surface area contributed by atoms with E-state index in [2.05, 4.69) is 4.98 Å². The molecule has 7 nitrogen and oxygen atoms in total. The van der Waals surface area contributed by atoms with Crippen molar-refractivity contribution in [3.05, 3.63) is 24.5 Å². The number of aliphatic carboxylic acids is 1. The molecule has 1 aliphatic heterocycles. The number of carboxylic acid groups (broad SMARTS) is 1. The third kappa shape index (κ3) is 3.28. The number of rotatable bonds is 4. The number of hydrogen-bond donors (Lipinski definition) is 1. The molecule has 104 valence electrons. The Bertz CT molecular complexity index is 538. The fourth-order valence-electron chi connectivity index (χ4n) is 1.97. The molecule has 0 bridgehead atoms. The molecule has 2 heterocycles. The van der Waals surface area contributed by atoms with E-state index in [9.17, 15) is 13.2 Å². The third-order valence-corrected chi connectivity index (χ3v) is 4.84. The summed E-state index contributed by atoms with van der Waals surface area (Å²) in [7, 11) is -3.52. The van der Waals surface area contributed by atoms with Crippen LogP contribution in [-0.2, 0) is 14.8 Å². The number of pyridine rings is 1. The number of hydrogen-bond acceptors (Lipinski definition) is 5. The molecular formula is C11H15N3O4S. The van der Waals surface area contributed by atoms with Gasteiger partial charge in [-0.15, -0.1) is 0 Å². The van der Waals surface area contributed by atoms with Crippen LogP contribution in [0.4, 0.5) is 0 Å².